The third-order valence-corrected chi connectivity index (χ3v) is 3.00. The van der Waals surface area contributed by atoms with Crippen molar-refractivity contribution in [3.05, 3.63) is 24.0 Å². The Morgan fingerprint density at radius 3 is 2.83 bits per heavy atom. The summed E-state index contributed by atoms with van der Waals surface area (Å²) >= 11 is 0. The highest BCUT2D eigenvalue weighted by atomic mass is 15.1. The number of nitrogens with zero attached hydrogens (tertiary/aromatic N) is 2. The molecular weight excluding hydrogens is 222 g/mol. The molecule has 0 radical (unpaired) electrons. The number of hydrogen-bond donors (Lipinski definition) is 1. The predicted octanol–water partition coefficient (Wildman–Crippen LogP) is 3.06. The molecule has 0 unspecified atom stereocenters. The highest BCUT2D eigenvalue weighted by molar-refractivity contribution is 5.51. The Morgan fingerprint density at radius 2 is 2.17 bits per heavy atom. The van der Waals surface area contributed by atoms with Crippen LogP contribution in [0.25, 0.3) is 0 Å². The summed E-state index contributed by atoms with van der Waals surface area (Å²) in [5.74, 6) is 0.683. The van der Waals surface area contributed by atoms with Crippen molar-refractivity contribution in [3.8, 4) is 0 Å². The van der Waals surface area contributed by atoms with Gasteiger partial charge in [-0.25, -0.2) is 0 Å². The van der Waals surface area contributed by atoms with Crippen molar-refractivity contribution in [1.82, 2.24) is 10.3 Å². The molecule has 102 valence electrons. The van der Waals surface area contributed by atoms with Crippen molar-refractivity contribution in [2.75, 3.05) is 25.0 Å². The summed E-state index contributed by atoms with van der Waals surface area (Å²) in [6, 6.07) is 2.11. The van der Waals surface area contributed by atoms with Gasteiger partial charge < -0.3 is 10.2 Å². The molecule has 1 aromatic heterocycles. The van der Waals surface area contributed by atoms with Gasteiger partial charge in [-0.05, 0) is 24.9 Å². The lowest BCUT2D eigenvalue weighted by Gasteiger charge is -2.22. The van der Waals surface area contributed by atoms with Crippen LogP contribution in [0.4, 0.5) is 5.69 Å². The zero-order valence-corrected chi connectivity index (χ0v) is 12.2. The van der Waals surface area contributed by atoms with E-state index >= 15 is 0 Å². The zero-order chi connectivity index (χ0) is 13.4. The maximum atomic E-state index is 4.24. The average molecular weight is 249 g/mol. The van der Waals surface area contributed by atoms with Crippen LogP contribution in [-0.2, 0) is 6.54 Å². The van der Waals surface area contributed by atoms with Crippen LogP contribution in [-0.4, -0.2) is 25.1 Å². The van der Waals surface area contributed by atoms with E-state index in [1.807, 2.05) is 12.4 Å². The summed E-state index contributed by atoms with van der Waals surface area (Å²) in [5.41, 5.74) is 2.59. The van der Waals surface area contributed by atoms with Gasteiger partial charge >= 0.3 is 0 Å². The lowest BCUT2D eigenvalue weighted by atomic mass is 10.2. The number of aromatic nitrogens is 1. The number of pyridine rings is 1. The predicted molar refractivity (Wildman–Crippen MR) is 79.0 cm³/mol. The molecule has 0 spiro atoms. The minimum absolute atomic E-state index is 0.683. The van der Waals surface area contributed by atoms with Gasteiger partial charge in [0.1, 0.15) is 0 Å². The summed E-state index contributed by atoms with van der Waals surface area (Å²) < 4.78 is 0. The Hall–Kier alpha value is -1.09. The van der Waals surface area contributed by atoms with E-state index in [1.54, 1.807) is 0 Å². The van der Waals surface area contributed by atoms with Crippen LogP contribution in [0.3, 0.4) is 0 Å². The van der Waals surface area contributed by atoms with Crippen LogP contribution in [0.5, 0.6) is 0 Å². The first kappa shape index (κ1) is 15.0. The normalized spacial score (nSPS) is 10.9. The van der Waals surface area contributed by atoms with E-state index in [-0.39, 0.29) is 0 Å². The lowest BCUT2D eigenvalue weighted by Crippen LogP contribution is -2.23. The third kappa shape index (κ3) is 5.05. The van der Waals surface area contributed by atoms with Crippen LogP contribution in [0.2, 0.25) is 0 Å². The number of unbranched alkanes of at least 4 members (excludes halogenated alkanes) is 1. The number of rotatable bonds is 8. The molecule has 0 aliphatic heterocycles. The number of nitrogens with one attached hydrogen (secondary N) is 1. The van der Waals surface area contributed by atoms with Crippen molar-refractivity contribution in [2.45, 2.75) is 40.2 Å². The largest absolute Gasteiger partial charge is 0.374 e. The lowest BCUT2D eigenvalue weighted by molar-refractivity contribution is 0.551. The minimum Gasteiger partial charge on any atom is -0.374 e. The number of hydrogen-bond acceptors (Lipinski definition) is 3. The Labute approximate surface area is 112 Å². The summed E-state index contributed by atoms with van der Waals surface area (Å²) in [4.78, 5) is 6.57. The van der Waals surface area contributed by atoms with Crippen LogP contribution in [0, 0.1) is 5.92 Å². The van der Waals surface area contributed by atoms with Gasteiger partial charge in [-0.3, -0.25) is 4.98 Å². The molecule has 0 saturated heterocycles. The van der Waals surface area contributed by atoms with Crippen LogP contribution < -0.4 is 10.2 Å². The van der Waals surface area contributed by atoms with E-state index in [4.69, 9.17) is 0 Å². The molecule has 3 nitrogen and oxygen atoms in total. The Morgan fingerprint density at radius 1 is 1.39 bits per heavy atom. The molecule has 1 N–H and O–H groups in total. The smallest absolute Gasteiger partial charge is 0.0440 e. The van der Waals surface area contributed by atoms with Gasteiger partial charge in [0.25, 0.3) is 0 Å². The number of anilines is 1. The SMILES string of the molecule is CCCCN(C)c1ccncc1CNCC(C)C. The molecule has 0 aliphatic rings. The van der Waals surface area contributed by atoms with Gasteiger partial charge in [0.2, 0.25) is 0 Å². The molecule has 1 heterocycles. The van der Waals surface area contributed by atoms with Crippen molar-refractivity contribution in [2.24, 2.45) is 5.92 Å². The quantitative estimate of drug-likeness (QED) is 0.767. The second-order valence-electron chi connectivity index (χ2n) is 5.30. The zero-order valence-electron chi connectivity index (χ0n) is 12.2. The molecule has 3 heteroatoms. The van der Waals surface area contributed by atoms with E-state index < -0.39 is 0 Å². The van der Waals surface area contributed by atoms with Gasteiger partial charge in [-0.1, -0.05) is 27.2 Å². The highest BCUT2D eigenvalue weighted by Gasteiger charge is 2.06. The Kier molecular flexibility index (Phi) is 6.73. The van der Waals surface area contributed by atoms with Gasteiger partial charge in [0.05, 0.1) is 0 Å². The summed E-state index contributed by atoms with van der Waals surface area (Å²) in [5, 5.41) is 3.49. The van der Waals surface area contributed by atoms with Crippen molar-refractivity contribution in [3.63, 3.8) is 0 Å². The van der Waals surface area contributed by atoms with Crippen LogP contribution in [0.1, 0.15) is 39.2 Å². The fourth-order valence-corrected chi connectivity index (χ4v) is 1.94. The molecule has 0 saturated carbocycles. The van der Waals surface area contributed by atoms with Gasteiger partial charge in [-0.2, -0.15) is 0 Å². The molecule has 1 rings (SSSR count). The second kappa shape index (κ2) is 8.09. The molecular formula is C15H27N3. The first-order valence-electron chi connectivity index (χ1n) is 6.99. The van der Waals surface area contributed by atoms with Crippen molar-refractivity contribution >= 4 is 5.69 Å². The average Bonchev–Trinajstić information content (AvgIpc) is 2.36. The molecule has 0 amide bonds. The van der Waals surface area contributed by atoms with Gasteiger partial charge in [0.15, 0.2) is 0 Å². The topological polar surface area (TPSA) is 28.2 Å². The van der Waals surface area contributed by atoms with Crippen LogP contribution in [0.15, 0.2) is 18.5 Å². The molecule has 0 atom stereocenters. The molecule has 0 aliphatic carbocycles. The summed E-state index contributed by atoms with van der Waals surface area (Å²) in [6.45, 7) is 9.74. The monoisotopic (exact) mass is 249 g/mol. The van der Waals surface area contributed by atoms with E-state index in [9.17, 15) is 0 Å². The maximum absolute atomic E-state index is 4.24. The van der Waals surface area contributed by atoms with E-state index in [1.165, 1.54) is 24.1 Å². The first-order valence-corrected chi connectivity index (χ1v) is 6.99. The molecule has 0 bridgehead atoms. The summed E-state index contributed by atoms with van der Waals surface area (Å²) in [6.07, 6.45) is 6.32. The summed E-state index contributed by atoms with van der Waals surface area (Å²) in [7, 11) is 2.16. The van der Waals surface area contributed by atoms with Gasteiger partial charge in [0, 0.05) is 43.8 Å². The minimum atomic E-state index is 0.683. The Balaban J connectivity index is 2.60. The van der Waals surface area contributed by atoms with Crippen molar-refractivity contribution < 1.29 is 0 Å². The van der Waals surface area contributed by atoms with Gasteiger partial charge in [-0.15, -0.1) is 0 Å². The van der Waals surface area contributed by atoms with Crippen molar-refractivity contribution in [1.29, 1.82) is 0 Å². The molecule has 0 aromatic carbocycles. The van der Waals surface area contributed by atoms with E-state index in [0.29, 0.717) is 5.92 Å². The first-order chi connectivity index (χ1) is 8.65. The van der Waals surface area contributed by atoms with E-state index in [0.717, 1.165) is 19.6 Å². The Bertz CT molecular complexity index is 336. The highest BCUT2D eigenvalue weighted by Crippen LogP contribution is 2.18. The molecule has 1 aromatic rings. The standard InChI is InChI=1S/C15H27N3/c1-5-6-9-18(4)15-7-8-16-11-14(15)12-17-10-13(2)3/h7-8,11,13,17H,5-6,9-10,12H2,1-4H3. The fourth-order valence-electron chi connectivity index (χ4n) is 1.94. The third-order valence-electron chi connectivity index (χ3n) is 3.00. The molecule has 0 fully saturated rings. The molecule has 18 heavy (non-hydrogen) atoms. The van der Waals surface area contributed by atoms with Crippen LogP contribution >= 0.6 is 0 Å². The van der Waals surface area contributed by atoms with E-state index in [2.05, 4.69) is 49.1 Å². The maximum Gasteiger partial charge on any atom is 0.0440 e. The second-order valence-corrected chi connectivity index (χ2v) is 5.30. The fraction of sp³-hybridized carbons (Fsp3) is 0.667.